The van der Waals surface area contributed by atoms with Crippen LogP contribution in [0.3, 0.4) is 0 Å². The van der Waals surface area contributed by atoms with E-state index in [2.05, 4.69) is 20.8 Å². The molecule has 12 heavy (non-hydrogen) atoms. The van der Waals surface area contributed by atoms with Gasteiger partial charge in [-0.2, -0.15) is 0 Å². The van der Waals surface area contributed by atoms with Crippen molar-refractivity contribution in [2.75, 3.05) is 0 Å². The molecule has 1 aliphatic carbocycles. The molecule has 2 heteroatoms. The third kappa shape index (κ3) is 2.37. The van der Waals surface area contributed by atoms with Crippen LogP contribution < -0.4 is 0 Å². The molecule has 0 heterocycles. The number of aliphatic hydroxyl groups excluding tert-OH is 1. The van der Waals surface area contributed by atoms with Crippen molar-refractivity contribution in [3.63, 3.8) is 0 Å². The van der Waals surface area contributed by atoms with Crippen molar-refractivity contribution in [3.05, 3.63) is 0 Å². The van der Waals surface area contributed by atoms with Crippen molar-refractivity contribution in [3.8, 4) is 0 Å². The maximum absolute atomic E-state index is 9.58. The number of rotatable bonds is 0. The SMILES string of the molecule is CC(C)(C)[C@@H]1CC[C@H](Cl)[C@@H](O)C1. The van der Waals surface area contributed by atoms with Gasteiger partial charge in [0, 0.05) is 0 Å². The van der Waals surface area contributed by atoms with Gasteiger partial charge in [0.1, 0.15) is 0 Å². The van der Waals surface area contributed by atoms with Crippen LogP contribution in [0.2, 0.25) is 0 Å². The van der Waals surface area contributed by atoms with E-state index in [-0.39, 0.29) is 11.5 Å². The fourth-order valence-electron chi connectivity index (χ4n) is 1.90. The smallest absolute Gasteiger partial charge is 0.0706 e. The second-order valence-corrected chi connectivity index (χ2v) is 5.52. The minimum absolute atomic E-state index is 0.0106. The predicted octanol–water partition coefficient (Wildman–Crippen LogP) is 2.80. The zero-order valence-corrected chi connectivity index (χ0v) is 8.93. The summed E-state index contributed by atoms with van der Waals surface area (Å²) in [5.41, 5.74) is 0.317. The summed E-state index contributed by atoms with van der Waals surface area (Å²) in [7, 11) is 0. The third-order valence-corrected chi connectivity index (χ3v) is 3.47. The van der Waals surface area contributed by atoms with Crippen LogP contribution in [0.25, 0.3) is 0 Å². The van der Waals surface area contributed by atoms with E-state index >= 15 is 0 Å². The van der Waals surface area contributed by atoms with Crippen molar-refractivity contribution in [2.45, 2.75) is 51.5 Å². The molecule has 0 aliphatic heterocycles. The zero-order valence-electron chi connectivity index (χ0n) is 8.18. The van der Waals surface area contributed by atoms with Crippen LogP contribution in [-0.2, 0) is 0 Å². The molecule has 1 fully saturated rings. The van der Waals surface area contributed by atoms with Gasteiger partial charge in [-0.1, -0.05) is 20.8 Å². The van der Waals surface area contributed by atoms with Gasteiger partial charge in [0.15, 0.2) is 0 Å². The number of hydrogen-bond acceptors (Lipinski definition) is 1. The summed E-state index contributed by atoms with van der Waals surface area (Å²) < 4.78 is 0. The van der Waals surface area contributed by atoms with Crippen molar-refractivity contribution in [1.29, 1.82) is 0 Å². The molecule has 3 atom stereocenters. The number of halogens is 1. The molecule has 0 saturated heterocycles. The molecule has 0 bridgehead atoms. The highest BCUT2D eigenvalue weighted by Gasteiger charge is 2.33. The molecule has 0 unspecified atom stereocenters. The van der Waals surface area contributed by atoms with Crippen LogP contribution in [0, 0.1) is 11.3 Å². The molecule has 1 saturated carbocycles. The summed E-state index contributed by atoms with van der Waals surface area (Å²) in [6.07, 6.45) is 2.71. The molecule has 1 rings (SSSR count). The van der Waals surface area contributed by atoms with E-state index in [4.69, 9.17) is 11.6 Å². The lowest BCUT2D eigenvalue weighted by atomic mass is 9.71. The maximum Gasteiger partial charge on any atom is 0.0706 e. The van der Waals surface area contributed by atoms with Crippen LogP contribution in [0.15, 0.2) is 0 Å². The van der Waals surface area contributed by atoms with Gasteiger partial charge >= 0.3 is 0 Å². The van der Waals surface area contributed by atoms with Crippen molar-refractivity contribution in [1.82, 2.24) is 0 Å². The molecular formula is C10H19ClO. The van der Waals surface area contributed by atoms with Crippen LogP contribution in [-0.4, -0.2) is 16.6 Å². The van der Waals surface area contributed by atoms with Crippen LogP contribution in [0.4, 0.5) is 0 Å². The average Bonchev–Trinajstić information content (AvgIpc) is 1.92. The standard InChI is InChI=1S/C10H19ClO/c1-10(2,3)7-4-5-8(11)9(12)6-7/h7-9,12H,4-6H2,1-3H3/t7-,8+,9+/m1/s1. The van der Waals surface area contributed by atoms with E-state index in [1.807, 2.05) is 0 Å². The first-order chi connectivity index (χ1) is 5.41. The molecular weight excluding hydrogens is 172 g/mol. The summed E-state index contributed by atoms with van der Waals surface area (Å²) in [6.45, 7) is 6.71. The number of aliphatic hydroxyl groups is 1. The average molecular weight is 191 g/mol. The molecule has 72 valence electrons. The maximum atomic E-state index is 9.58. The van der Waals surface area contributed by atoms with Crippen molar-refractivity contribution in [2.24, 2.45) is 11.3 Å². The number of hydrogen-bond donors (Lipinski definition) is 1. The Kier molecular flexibility index (Phi) is 3.06. The van der Waals surface area contributed by atoms with E-state index in [0.717, 1.165) is 19.3 Å². The van der Waals surface area contributed by atoms with Gasteiger partial charge in [-0.3, -0.25) is 0 Å². The Morgan fingerprint density at radius 3 is 2.25 bits per heavy atom. The van der Waals surface area contributed by atoms with E-state index in [1.54, 1.807) is 0 Å². The van der Waals surface area contributed by atoms with Crippen LogP contribution in [0.1, 0.15) is 40.0 Å². The second-order valence-electron chi connectivity index (χ2n) is 4.96. The molecule has 1 N–H and O–H groups in total. The summed E-state index contributed by atoms with van der Waals surface area (Å²) in [5, 5.41) is 9.57. The van der Waals surface area contributed by atoms with E-state index in [1.165, 1.54) is 0 Å². The first-order valence-corrected chi connectivity index (χ1v) is 5.17. The van der Waals surface area contributed by atoms with E-state index in [9.17, 15) is 5.11 Å². The Bertz CT molecular complexity index is 150. The summed E-state index contributed by atoms with van der Waals surface area (Å²) in [6, 6.07) is 0. The summed E-state index contributed by atoms with van der Waals surface area (Å²) in [5.74, 6) is 0.627. The van der Waals surface area contributed by atoms with Gasteiger partial charge in [-0.25, -0.2) is 0 Å². The van der Waals surface area contributed by atoms with Crippen LogP contribution in [0.5, 0.6) is 0 Å². The molecule has 1 nitrogen and oxygen atoms in total. The van der Waals surface area contributed by atoms with Gasteiger partial charge < -0.3 is 5.11 Å². The third-order valence-electron chi connectivity index (χ3n) is 2.96. The summed E-state index contributed by atoms with van der Waals surface area (Å²) in [4.78, 5) is 0. The van der Waals surface area contributed by atoms with Gasteiger partial charge in [0.25, 0.3) is 0 Å². The number of alkyl halides is 1. The Morgan fingerprint density at radius 1 is 1.25 bits per heavy atom. The topological polar surface area (TPSA) is 20.2 Å². The molecule has 1 aliphatic rings. The monoisotopic (exact) mass is 190 g/mol. The molecule has 0 aromatic carbocycles. The first-order valence-electron chi connectivity index (χ1n) is 4.73. The normalized spacial score (nSPS) is 38.2. The van der Waals surface area contributed by atoms with Gasteiger partial charge in [0.05, 0.1) is 11.5 Å². The predicted molar refractivity (Wildman–Crippen MR) is 52.4 cm³/mol. The van der Waals surface area contributed by atoms with E-state index < -0.39 is 0 Å². The Balaban J connectivity index is 2.51. The largest absolute Gasteiger partial charge is 0.392 e. The quantitative estimate of drug-likeness (QED) is 0.583. The fraction of sp³-hybridized carbons (Fsp3) is 1.00. The first kappa shape index (κ1) is 10.3. The molecule has 0 spiro atoms. The highest BCUT2D eigenvalue weighted by atomic mass is 35.5. The van der Waals surface area contributed by atoms with E-state index in [0.29, 0.717) is 11.3 Å². The lowest BCUT2D eigenvalue weighted by molar-refractivity contribution is 0.0619. The summed E-state index contributed by atoms with van der Waals surface area (Å²) >= 11 is 5.93. The minimum atomic E-state index is -0.287. The molecule has 0 amide bonds. The van der Waals surface area contributed by atoms with Gasteiger partial charge in [-0.05, 0) is 30.6 Å². The Morgan fingerprint density at radius 2 is 1.83 bits per heavy atom. The Hall–Kier alpha value is 0.250. The highest BCUT2D eigenvalue weighted by molar-refractivity contribution is 6.21. The minimum Gasteiger partial charge on any atom is -0.392 e. The second kappa shape index (κ2) is 3.55. The van der Waals surface area contributed by atoms with Gasteiger partial charge in [-0.15, -0.1) is 11.6 Å². The lowest BCUT2D eigenvalue weighted by Crippen LogP contribution is -2.35. The molecule has 0 aromatic rings. The molecule has 0 radical (unpaired) electrons. The molecule has 0 aromatic heterocycles. The Labute approximate surface area is 80.1 Å². The lowest BCUT2D eigenvalue weighted by Gasteiger charge is -2.37. The zero-order chi connectivity index (χ0) is 9.35. The highest BCUT2D eigenvalue weighted by Crippen LogP contribution is 2.39. The van der Waals surface area contributed by atoms with Gasteiger partial charge in [0.2, 0.25) is 0 Å². The van der Waals surface area contributed by atoms with Crippen molar-refractivity contribution < 1.29 is 5.11 Å². The fourth-order valence-corrected chi connectivity index (χ4v) is 2.13. The van der Waals surface area contributed by atoms with Crippen molar-refractivity contribution >= 4 is 11.6 Å². The van der Waals surface area contributed by atoms with Crippen LogP contribution >= 0.6 is 11.6 Å².